The molecule has 2 nitrogen and oxygen atoms in total. The molecule has 0 aromatic carbocycles. The highest BCUT2D eigenvalue weighted by molar-refractivity contribution is 5.85. The number of hydrogen-bond donors (Lipinski definition) is 0. The third-order valence-corrected chi connectivity index (χ3v) is 1.41. The average molecular weight is 152 g/mol. The van der Waals surface area contributed by atoms with E-state index >= 15 is 0 Å². The quantitative estimate of drug-likeness (QED) is 0.438. The largest absolute Gasteiger partial charge is 0.277 e. The highest BCUT2D eigenvalue weighted by Crippen LogP contribution is 2.05. The van der Waals surface area contributed by atoms with Crippen LogP contribution in [0.25, 0.3) is 0 Å². The first-order valence-corrected chi connectivity index (χ1v) is 3.82. The van der Waals surface area contributed by atoms with Gasteiger partial charge in [-0.3, -0.25) is 4.99 Å². The smallest absolute Gasteiger partial charge is 0.109 e. The molecule has 62 valence electrons. The minimum absolute atomic E-state index is 0.536. The van der Waals surface area contributed by atoms with Crippen molar-refractivity contribution < 1.29 is 0 Å². The minimum atomic E-state index is 0.536. The molecule has 0 unspecified atom stereocenters. The van der Waals surface area contributed by atoms with E-state index in [1.54, 1.807) is 13.4 Å². The molecule has 0 saturated heterocycles. The molecule has 0 amide bonds. The lowest BCUT2D eigenvalue weighted by Crippen LogP contribution is -1.94. The van der Waals surface area contributed by atoms with Crippen molar-refractivity contribution in [3.05, 3.63) is 11.6 Å². The van der Waals surface area contributed by atoms with Gasteiger partial charge in [0.05, 0.1) is 0 Å². The Kier molecular flexibility index (Phi) is 5.35. The third-order valence-electron chi connectivity index (χ3n) is 1.41. The Hall–Kier alpha value is -0.920. The Balaban J connectivity index is 4.10. The van der Waals surface area contributed by atoms with Crippen LogP contribution in [0.3, 0.4) is 0 Å². The second-order valence-electron chi connectivity index (χ2n) is 2.60. The molecule has 0 radical (unpaired) electrons. The zero-order valence-corrected chi connectivity index (χ0v) is 7.70. The first-order valence-electron chi connectivity index (χ1n) is 3.82. The van der Waals surface area contributed by atoms with Gasteiger partial charge < -0.3 is 0 Å². The van der Waals surface area contributed by atoms with Crippen molar-refractivity contribution in [2.75, 3.05) is 7.05 Å². The van der Waals surface area contributed by atoms with Crippen molar-refractivity contribution in [3.8, 4) is 0 Å². The van der Waals surface area contributed by atoms with Gasteiger partial charge in [0, 0.05) is 13.3 Å². The van der Waals surface area contributed by atoms with Gasteiger partial charge in [-0.05, 0) is 18.4 Å². The van der Waals surface area contributed by atoms with Crippen molar-refractivity contribution in [2.45, 2.75) is 20.8 Å². The van der Waals surface area contributed by atoms with E-state index in [-0.39, 0.29) is 0 Å². The summed E-state index contributed by atoms with van der Waals surface area (Å²) in [4.78, 5) is 7.75. The van der Waals surface area contributed by atoms with Gasteiger partial charge in [-0.15, -0.1) is 0 Å². The van der Waals surface area contributed by atoms with Gasteiger partial charge in [-0.2, -0.15) is 0 Å². The topological polar surface area (TPSA) is 24.7 Å². The summed E-state index contributed by atoms with van der Waals surface area (Å²) in [6.45, 7) is 6.30. The Morgan fingerprint density at radius 3 is 2.36 bits per heavy atom. The fourth-order valence-electron chi connectivity index (χ4n) is 0.743. The molecule has 0 aliphatic rings. The van der Waals surface area contributed by atoms with Crippen molar-refractivity contribution in [1.82, 2.24) is 0 Å². The second kappa shape index (κ2) is 5.83. The first kappa shape index (κ1) is 10.1. The van der Waals surface area contributed by atoms with Gasteiger partial charge in [-0.1, -0.05) is 19.9 Å². The molecule has 11 heavy (non-hydrogen) atoms. The molecular formula is C9H16N2. The maximum atomic E-state index is 4.00. The lowest BCUT2D eigenvalue weighted by atomic mass is 10.1. The highest BCUT2D eigenvalue weighted by Gasteiger charge is 1.95. The molecule has 0 aliphatic heterocycles. The van der Waals surface area contributed by atoms with E-state index < -0.39 is 0 Å². The fourth-order valence-corrected chi connectivity index (χ4v) is 0.743. The van der Waals surface area contributed by atoms with Crippen LogP contribution in [0.5, 0.6) is 0 Å². The Morgan fingerprint density at radius 1 is 1.36 bits per heavy atom. The van der Waals surface area contributed by atoms with Crippen LogP contribution in [0.15, 0.2) is 21.6 Å². The zero-order valence-electron chi connectivity index (χ0n) is 7.70. The Morgan fingerprint density at radius 2 is 2.00 bits per heavy atom. The van der Waals surface area contributed by atoms with Gasteiger partial charge in [0.25, 0.3) is 0 Å². The predicted octanol–water partition coefficient (Wildman–Crippen LogP) is 2.32. The standard InChI is InChI=1S/C9H16N2/c1-5-9(8(2)3)6-11-7-10-4/h5-8H,1-4H3/b9-5+,10-7?,11-6?. The van der Waals surface area contributed by atoms with E-state index in [0.29, 0.717) is 5.92 Å². The van der Waals surface area contributed by atoms with Crippen LogP contribution in [0.4, 0.5) is 0 Å². The van der Waals surface area contributed by atoms with Crippen LogP contribution in [0.1, 0.15) is 20.8 Å². The second-order valence-corrected chi connectivity index (χ2v) is 2.60. The van der Waals surface area contributed by atoms with E-state index in [2.05, 4.69) is 29.9 Å². The van der Waals surface area contributed by atoms with Crippen LogP contribution in [-0.2, 0) is 0 Å². The van der Waals surface area contributed by atoms with Crippen LogP contribution < -0.4 is 0 Å². The molecule has 0 atom stereocenters. The molecule has 0 spiro atoms. The van der Waals surface area contributed by atoms with E-state index in [1.807, 2.05) is 13.1 Å². The van der Waals surface area contributed by atoms with Crippen molar-refractivity contribution in [3.63, 3.8) is 0 Å². The van der Waals surface area contributed by atoms with Crippen LogP contribution in [0.2, 0.25) is 0 Å². The highest BCUT2D eigenvalue weighted by atomic mass is 14.8. The zero-order chi connectivity index (χ0) is 8.69. The van der Waals surface area contributed by atoms with Gasteiger partial charge in [0.2, 0.25) is 0 Å². The maximum absolute atomic E-state index is 4.00. The molecule has 0 aromatic heterocycles. The number of nitrogens with zero attached hydrogens (tertiary/aromatic N) is 2. The summed E-state index contributed by atoms with van der Waals surface area (Å²) in [6, 6.07) is 0. The molecular weight excluding hydrogens is 136 g/mol. The Bertz CT molecular complexity index is 176. The van der Waals surface area contributed by atoms with E-state index in [1.165, 1.54) is 5.57 Å². The number of rotatable bonds is 3. The number of hydrogen-bond acceptors (Lipinski definition) is 1. The Labute approximate surface area is 68.8 Å². The molecule has 0 fully saturated rings. The molecule has 0 N–H and O–H groups in total. The van der Waals surface area contributed by atoms with Crippen molar-refractivity contribution in [1.29, 1.82) is 0 Å². The first-order chi connectivity index (χ1) is 5.22. The summed E-state index contributed by atoms with van der Waals surface area (Å²) in [7, 11) is 1.71. The fraction of sp³-hybridized carbons (Fsp3) is 0.556. The van der Waals surface area contributed by atoms with Gasteiger partial charge in [-0.25, -0.2) is 4.99 Å². The molecule has 2 heteroatoms. The average Bonchev–Trinajstić information content (AvgIpc) is 1.97. The third kappa shape index (κ3) is 4.48. The molecule has 0 aromatic rings. The van der Waals surface area contributed by atoms with Gasteiger partial charge in [0.1, 0.15) is 6.34 Å². The molecule has 0 bridgehead atoms. The van der Waals surface area contributed by atoms with Crippen LogP contribution in [-0.4, -0.2) is 19.6 Å². The summed E-state index contributed by atoms with van der Waals surface area (Å²) in [5.74, 6) is 0.536. The molecule has 0 saturated carbocycles. The molecule has 0 aliphatic carbocycles. The summed E-state index contributed by atoms with van der Waals surface area (Å²) < 4.78 is 0. The summed E-state index contributed by atoms with van der Waals surface area (Å²) in [6.07, 6.45) is 5.46. The maximum Gasteiger partial charge on any atom is 0.109 e. The summed E-state index contributed by atoms with van der Waals surface area (Å²) >= 11 is 0. The number of aliphatic imine (C=N–C) groups is 2. The van der Waals surface area contributed by atoms with E-state index in [9.17, 15) is 0 Å². The lowest BCUT2D eigenvalue weighted by Gasteiger charge is -2.02. The van der Waals surface area contributed by atoms with Crippen molar-refractivity contribution in [2.24, 2.45) is 15.9 Å². The SMILES string of the molecule is C/C=C(\C=NC=NC)C(C)C. The molecule has 0 heterocycles. The predicted molar refractivity (Wildman–Crippen MR) is 51.5 cm³/mol. The van der Waals surface area contributed by atoms with E-state index in [0.717, 1.165) is 0 Å². The molecule has 0 rings (SSSR count). The van der Waals surface area contributed by atoms with Crippen LogP contribution in [0, 0.1) is 5.92 Å². The normalized spacial score (nSPS) is 14.1. The number of allylic oxidation sites excluding steroid dienone is 2. The van der Waals surface area contributed by atoms with Crippen LogP contribution >= 0.6 is 0 Å². The minimum Gasteiger partial charge on any atom is -0.277 e. The van der Waals surface area contributed by atoms with Crippen molar-refractivity contribution >= 4 is 12.6 Å². The van der Waals surface area contributed by atoms with Gasteiger partial charge >= 0.3 is 0 Å². The van der Waals surface area contributed by atoms with Gasteiger partial charge in [0.15, 0.2) is 0 Å². The van der Waals surface area contributed by atoms with E-state index in [4.69, 9.17) is 0 Å². The lowest BCUT2D eigenvalue weighted by molar-refractivity contribution is 0.805. The summed E-state index contributed by atoms with van der Waals surface area (Å²) in [5.41, 5.74) is 1.24. The summed E-state index contributed by atoms with van der Waals surface area (Å²) in [5, 5.41) is 0. The monoisotopic (exact) mass is 152 g/mol.